The number of esters is 1. The average Bonchev–Trinajstić information content (AvgIpc) is 3.11. The lowest BCUT2D eigenvalue weighted by Gasteiger charge is -2.36. The maximum absolute atomic E-state index is 13.0. The monoisotopic (exact) mass is 402 g/mol. The number of ether oxygens (including phenoxy) is 2. The van der Waals surface area contributed by atoms with Gasteiger partial charge in [0.25, 0.3) is 0 Å². The molecule has 0 radical (unpaired) electrons. The van der Waals surface area contributed by atoms with Gasteiger partial charge in [0.2, 0.25) is 5.91 Å². The number of hydrogen-bond donors (Lipinski definition) is 2. The third-order valence-corrected chi connectivity index (χ3v) is 5.51. The quantitative estimate of drug-likeness (QED) is 0.691. The van der Waals surface area contributed by atoms with Gasteiger partial charge in [-0.3, -0.25) is 9.69 Å². The first kappa shape index (κ1) is 21.1. The summed E-state index contributed by atoms with van der Waals surface area (Å²) < 4.78 is 10.5. The highest BCUT2D eigenvalue weighted by molar-refractivity contribution is 6.12. The second-order valence-electron chi connectivity index (χ2n) is 7.14. The molecule has 29 heavy (non-hydrogen) atoms. The third kappa shape index (κ3) is 4.54. The lowest BCUT2D eigenvalue weighted by atomic mass is 10.1. The van der Waals surface area contributed by atoms with Crippen LogP contribution < -0.4 is 10.1 Å². The van der Waals surface area contributed by atoms with Gasteiger partial charge in [0, 0.05) is 37.1 Å². The number of fused-ring (bicyclic) bond motifs is 1. The van der Waals surface area contributed by atoms with E-state index in [1.807, 2.05) is 13.0 Å². The SMILES string of the molecule is CCOC(=O)c1[nH]c2ccc(OC)cc2c1NC(=O)C(C)N1CCN(CC)CC1. The molecule has 158 valence electrons. The number of carbonyl (C=O) groups is 2. The van der Waals surface area contributed by atoms with Crippen LogP contribution in [-0.4, -0.2) is 79.1 Å². The van der Waals surface area contributed by atoms with E-state index in [2.05, 4.69) is 27.0 Å². The minimum absolute atomic E-state index is 0.149. The van der Waals surface area contributed by atoms with Crippen LogP contribution in [0.3, 0.4) is 0 Å². The summed E-state index contributed by atoms with van der Waals surface area (Å²) >= 11 is 0. The van der Waals surface area contributed by atoms with Gasteiger partial charge in [0.1, 0.15) is 11.4 Å². The number of H-pyrrole nitrogens is 1. The summed E-state index contributed by atoms with van der Waals surface area (Å²) in [5, 5.41) is 3.68. The van der Waals surface area contributed by atoms with Gasteiger partial charge in [-0.05, 0) is 38.6 Å². The van der Waals surface area contributed by atoms with E-state index < -0.39 is 5.97 Å². The van der Waals surface area contributed by atoms with Gasteiger partial charge in [-0.2, -0.15) is 0 Å². The molecule has 1 saturated heterocycles. The van der Waals surface area contributed by atoms with Crippen molar-refractivity contribution in [3.8, 4) is 5.75 Å². The summed E-state index contributed by atoms with van der Waals surface area (Å²) in [5.74, 6) is -0.00228. The number of aromatic nitrogens is 1. The number of likely N-dealkylation sites (N-methyl/N-ethyl adjacent to an activating group) is 1. The number of hydrogen-bond acceptors (Lipinski definition) is 6. The van der Waals surface area contributed by atoms with E-state index in [-0.39, 0.29) is 24.2 Å². The van der Waals surface area contributed by atoms with Gasteiger partial charge in [0.15, 0.2) is 0 Å². The van der Waals surface area contributed by atoms with Gasteiger partial charge in [-0.1, -0.05) is 6.92 Å². The molecular weight excluding hydrogens is 372 g/mol. The van der Waals surface area contributed by atoms with Crippen molar-refractivity contribution in [2.75, 3.05) is 51.8 Å². The average molecular weight is 402 g/mol. The van der Waals surface area contributed by atoms with Crippen LogP contribution in [0.2, 0.25) is 0 Å². The van der Waals surface area contributed by atoms with Crippen molar-refractivity contribution in [3.63, 3.8) is 0 Å². The Labute approximate surface area is 171 Å². The van der Waals surface area contributed by atoms with Crippen molar-refractivity contribution < 1.29 is 19.1 Å². The number of anilines is 1. The fraction of sp³-hybridized carbons (Fsp3) is 0.524. The molecule has 0 spiro atoms. The fourth-order valence-electron chi connectivity index (χ4n) is 3.64. The van der Waals surface area contributed by atoms with E-state index in [4.69, 9.17) is 9.47 Å². The lowest BCUT2D eigenvalue weighted by Crippen LogP contribution is -2.52. The van der Waals surface area contributed by atoms with E-state index in [0.29, 0.717) is 16.8 Å². The molecular formula is C21H30N4O4. The van der Waals surface area contributed by atoms with Crippen LogP contribution in [-0.2, 0) is 9.53 Å². The molecule has 0 saturated carbocycles. The fourth-order valence-corrected chi connectivity index (χ4v) is 3.64. The van der Waals surface area contributed by atoms with Gasteiger partial charge in [0.05, 0.1) is 25.4 Å². The molecule has 3 rings (SSSR count). The van der Waals surface area contributed by atoms with Gasteiger partial charge in [-0.15, -0.1) is 0 Å². The molecule has 2 aromatic rings. The molecule has 1 unspecified atom stereocenters. The first-order valence-electron chi connectivity index (χ1n) is 10.1. The minimum Gasteiger partial charge on any atom is -0.497 e. The molecule has 1 aliphatic rings. The molecule has 0 aliphatic carbocycles. The topological polar surface area (TPSA) is 86.9 Å². The standard InChI is InChI=1S/C21H30N4O4/c1-5-24-9-11-25(12-10-24)14(3)20(26)23-18-16-13-15(28-4)7-8-17(16)22-19(18)21(27)29-6-2/h7-8,13-14,22H,5-6,9-12H2,1-4H3,(H,23,26). The molecule has 2 heterocycles. The summed E-state index contributed by atoms with van der Waals surface area (Å²) in [6.45, 7) is 10.7. The second-order valence-corrected chi connectivity index (χ2v) is 7.14. The van der Waals surface area contributed by atoms with Crippen molar-refractivity contribution in [1.29, 1.82) is 0 Å². The highest BCUT2D eigenvalue weighted by atomic mass is 16.5. The van der Waals surface area contributed by atoms with Crippen LogP contribution in [0.1, 0.15) is 31.3 Å². The molecule has 1 aliphatic heterocycles. The molecule has 1 aromatic heterocycles. The van der Waals surface area contributed by atoms with Gasteiger partial charge < -0.3 is 24.7 Å². The Bertz CT molecular complexity index is 871. The number of piperazine rings is 1. The van der Waals surface area contributed by atoms with E-state index in [0.717, 1.165) is 38.2 Å². The summed E-state index contributed by atoms with van der Waals surface area (Å²) in [6.07, 6.45) is 0. The van der Waals surface area contributed by atoms with Crippen LogP contribution in [0.25, 0.3) is 10.9 Å². The Morgan fingerprint density at radius 1 is 1.21 bits per heavy atom. The molecule has 1 amide bonds. The van der Waals surface area contributed by atoms with Crippen molar-refractivity contribution >= 4 is 28.5 Å². The summed E-state index contributed by atoms with van der Waals surface area (Å²) in [7, 11) is 1.58. The van der Waals surface area contributed by atoms with Crippen LogP contribution in [0, 0.1) is 0 Å². The minimum atomic E-state index is -0.498. The molecule has 1 atom stereocenters. The van der Waals surface area contributed by atoms with Crippen molar-refractivity contribution in [2.24, 2.45) is 0 Å². The molecule has 1 aromatic carbocycles. The largest absolute Gasteiger partial charge is 0.497 e. The van der Waals surface area contributed by atoms with Crippen LogP contribution in [0.5, 0.6) is 5.75 Å². The smallest absolute Gasteiger partial charge is 0.356 e. The summed E-state index contributed by atoms with van der Waals surface area (Å²) in [5.41, 5.74) is 1.40. The predicted octanol–water partition coefficient (Wildman–Crippen LogP) is 2.32. The van der Waals surface area contributed by atoms with Crippen molar-refractivity contribution in [3.05, 3.63) is 23.9 Å². The van der Waals surface area contributed by atoms with Gasteiger partial charge in [-0.25, -0.2) is 4.79 Å². The maximum Gasteiger partial charge on any atom is 0.356 e. The summed E-state index contributed by atoms with van der Waals surface area (Å²) in [6, 6.07) is 5.11. The first-order chi connectivity index (χ1) is 14.0. The van der Waals surface area contributed by atoms with Gasteiger partial charge >= 0.3 is 5.97 Å². The molecule has 0 bridgehead atoms. The van der Waals surface area contributed by atoms with Crippen molar-refractivity contribution in [2.45, 2.75) is 26.8 Å². The maximum atomic E-state index is 13.0. The predicted molar refractivity (Wildman–Crippen MR) is 113 cm³/mol. The van der Waals surface area contributed by atoms with Crippen LogP contribution >= 0.6 is 0 Å². The summed E-state index contributed by atoms with van der Waals surface area (Å²) in [4.78, 5) is 33.1. The molecule has 2 N–H and O–H groups in total. The number of benzene rings is 1. The Hall–Kier alpha value is -2.58. The van der Waals surface area contributed by atoms with E-state index in [1.54, 1.807) is 26.2 Å². The van der Waals surface area contributed by atoms with Crippen molar-refractivity contribution in [1.82, 2.24) is 14.8 Å². The zero-order valence-electron chi connectivity index (χ0n) is 17.6. The van der Waals surface area contributed by atoms with Crippen LogP contribution in [0.15, 0.2) is 18.2 Å². The normalized spacial score (nSPS) is 16.6. The number of carbonyl (C=O) groups excluding carboxylic acids is 2. The number of aromatic amines is 1. The number of nitrogens with one attached hydrogen (secondary N) is 2. The second kappa shape index (κ2) is 9.28. The highest BCUT2D eigenvalue weighted by Gasteiger charge is 2.28. The Morgan fingerprint density at radius 3 is 2.55 bits per heavy atom. The molecule has 8 heteroatoms. The zero-order chi connectivity index (χ0) is 21.0. The number of amides is 1. The highest BCUT2D eigenvalue weighted by Crippen LogP contribution is 2.31. The Kier molecular flexibility index (Phi) is 6.76. The number of methoxy groups -OCH3 is 1. The van der Waals surface area contributed by atoms with E-state index in [9.17, 15) is 9.59 Å². The number of nitrogens with zero attached hydrogens (tertiary/aromatic N) is 2. The Morgan fingerprint density at radius 2 is 1.93 bits per heavy atom. The lowest BCUT2D eigenvalue weighted by molar-refractivity contribution is -0.121. The zero-order valence-corrected chi connectivity index (χ0v) is 17.6. The molecule has 8 nitrogen and oxygen atoms in total. The Balaban J connectivity index is 1.86. The number of rotatable bonds is 7. The third-order valence-electron chi connectivity index (χ3n) is 5.51. The molecule has 1 fully saturated rings. The van der Waals surface area contributed by atoms with E-state index >= 15 is 0 Å². The van der Waals surface area contributed by atoms with Crippen LogP contribution in [0.4, 0.5) is 5.69 Å². The van der Waals surface area contributed by atoms with E-state index in [1.165, 1.54) is 0 Å². The first-order valence-corrected chi connectivity index (χ1v) is 10.1.